The van der Waals surface area contributed by atoms with Gasteiger partial charge in [0.25, 0.3) is 0 Å². The number of piperazine rings is 1. The van der Waals surface area contributed by atoms with Crippen LogP contribution in [-0.2, 0) is 23.0 Å². The predicted molar refractivity (Wildman–Crippen MR) is 104 cm³/mol. The molecule has 144 valence electrons. The highest BCUT2D eigenvalue weighted by Crippen LogP contribution is 2.21. The van der Waals surface area contributed by atoms with Crippen LogP contribution in [0.15, 0.2) is 33.3 Å². The fraction of sp³-hybridized carbons (Fsp3) is 0.412. The van der Waals surface area contributed by atoms with Crippen molar-refractivity contribution < 1.29 is 8.42 Å². The zero-order valence-corrected chi connectivity index (χ0v) is 16.6. The van der Waals surface area contributed by atoms with Gasteiger partial charge in [0, 0.05) is 38.1 Å². The summed E-state index contributed by atoms with van der Waals surface area (Å²) in [7, 11) is -3.58. The van der Waals surface area contributed by atoms with Crippen LogP contribution in [0.3, 0.4) is 0 Å². The zero-order chi connectivity index (χ0) is 19.0. The molecule has 0 spiro atoms. The van der Waals surface area contributed by atoms with Gasteiger partial charge in [0.05, 0.1) is 26.6 Å². The Morgan fingerprint density at radius 3 is 2.59 bits per heavy atom. The summed E-state index contributed by atoms with van der Waals surface area (Å²) in [5, 5.41) is 3.21. The fourth-order valence-corrected chi connectivity index (χ4v) is 5.45. The first kappa shape index (κ1) is 18.4. The summed E-state index contributed by atoms with van der Waals surface area (Å²) < 4.78 is 27.4. The Balaban J connectivity index is 1.44. The molecule has 0 saturated carbocycles. The smallest absolute Gasteiger partial charge is 0.306 e. The Labute approximate surface area is 160 Å². The van der Waals surface area contributed by atoms with E-state index in [0.717, 1.165) is 23.7 Å². The predicted octanol–water partition coefficient (Wildman–Crippen LogP) is 1.38. The minimum Gasteiger partial charge on any atom is -0.306 e. The lowest BCUT2D eigenvalue weighted by Gasteiger charge is -2.33. The van der Waals surface area contributed by atoms with Crippen LogP contribution in [0.5, 0.6) is 0 Å². The molecular weight excluding hydrogens is 386 g/mol. The highest BCUT2D eigenvalue weighted by atomic mass is 32.2. The molecule has 27 heavy (non-hydrogen) atoms. The summed E-state index contributed by atoms with van der Waals surface area (Å²) >= 11 is 1.67. The number of thiazole rings is 1. The van der Waals surface area contributed by atoms with Crippen molar-refractivity contribution >= 4 is 32.4 Å². The van der Waals surface area contributed by atoms with Gasteiger partial charge >= 0.3 is 5.69 Å². The molecule has 0 radical (unpaired) electrons. The van der Waals surface area contributed by atoms with Gasteiger partial charge in [0.15, 0.2) is 0 Å². The number of nitrogens with zero attached hydrogens (tertiary/aromatic N) is 3. The van der Waals surface area contributed by atoms with E-state index in [4.69, 9.17) is 0 Å². The number of sulfonamides is 1. The van der Waals surface area contributed by atoms with E-state index in [2.05, 4.69) is 32.2 Å². The van der Waals surface area contributed by atoms with Crippen LogP contribution in [0.1, 0.15) is 17.6 Å². The maximum Gasteiger partial charge on any atom is 0.323 e. The fourth-order valence-electron chi connectivity index (χ4n) is 3.26. The van der Waals surface area contributed by atoms with Crippen molar-refractivity contribution in [2.45, 2.75) is 24.8 Å². The second kappa shape index (κ2) is 7.19. The van der Waals surface area contributed by atoms with E-state index in [1.54, 1.807) is 17.4 Å². The Kier molecular flexibility index (Phi) is 4.89. The molecule has 2 N–H and O–H groups in total. The molecule has 4 rings (SSSR count). The number of nitrogens with one attached hydrogen (secondary N) is 2. The number of aromatic amines is 2. The van der Waals surface area contributed by atoms with Crippen molar-refractivity contribution in [2.24, 2.45) is 0 Å². The monoisotopic (exact) mass is 407 g/mol. The van der Waals surface area contributed by atoms with Gasteiger partial charge in [0.2, 0.25) is 10.0 Å². The third kappa shape index (κ3) is 3.70. The standard InChI is InChI=1S/C17H21N5O3S2/c1-2-16-18-12(11-26-16)10-21-5-7-22(8-6-21)27(24,25)13-3-4-14-15(9-13)20-17(23)19-14/h3-4,9,11H,2,5-8,10H2,1H3,(H2,19,20,23). The van der Waals surface area contributed by atoms with Crippen LogP contribution in [0.4, 0.5) is 0 Å². The molecule has 0 atom stereocenters. The van der Waals surface area contributed by atoms with Gasteiger partial charge in [-0.05, 0) is 24.6 Å². The van der Waals surface area contributed by atoms with Gasteiger partial charge < -0.3 is 9.97 Å². The molecule has 0 bridgehead atoms. The lowest BCUT2D eigenvalue weighted by Crippen LogP contribution is -2.48. The molecule has 3 aromatic rings. The average molecular weight is 408 g/mol. The molecule has 1 aliphatic heterocycles. The zero-order valence-electron chi connectivity index (χ0n) is 14.9. The summed E-state index contributed by atoms with van der Waals surface area (Å²) in [6.45, 7) is 5.06. The van der Waals surface area contributed by atoms with Crippen LogP contribution in [0, 0.1) is 0 Å². The molecule has 1 aromatic carbocycles. The number of benzene rings is 1. The summed E-state index contributed by atoms with van der Waals surface area (Å²) in [5.74, 6) is 0. The van der Waals surface area contributed by atoms with Gasteiger partial charge in [-0.15, -0.1) is 11.3 Å². The maximum absolute atomic E-state index is 12.9. The molecule has 1 saturated heterocycles. The summed E-state index contributed by atoms with van der Waals surface area (Å²) in [6, 6.07) is 4.66. The first-order chi connectivity index (χ1) is 13.0. The average Bonchev–Trinajstić information content (AvgIpc) is 3.26. The molecule has 0 unspecified atom stereocenters. The molecule has 0 amide bonds. The van der Waals surface area contributed by atoms with Gasteiger partial charge in [-0.1, -0.05) is 6.92 Å². The Bertz CT molecular complexity index is 1110. The number of hydrogen-bond acceptors (Lipinski definition) is 6. The minimum atomic E-state index is -3.58. The van der Waals surface area contributed by atoms with Crippen LogP contribution in [0.2, 0.25) is 0 Å². The summed E-state index contributed by atoms with van der Waals surface area (Å²) in [4.78, 5) is 23.6. The van der Waals surface area contributed by atoms with E-state index >= 15 is 0 Å². The van der Waals surface area contributed by atoms with E-state index < -0.39 is 10.0 Å². The van der Waals surface area contributed by atoms with Crippen molar-refractivity contribution in [3.05, 3.63) is 44.8 Å². The first-order valence-electron chi connectivity index (χ1n) is 8.83. The number of imidazole rings is 1. The Hall–Kier alpha value is -2.01. The third-order valence-corrected chi connectivity index (χ3v) is 7.68. The van der Waals surface area contributed by atoms with Gasteiger partial charge in [0.1, 0.15) is 0 Å². The number of rotatable bonds is 5. The molecule has 2 aromatic heterocycles. The van der Waals surface area contributed by atoms with Gasteiger partial charge in [-0.25, -0.2) is 18.2 Å². The van der Waals surface area contributed by atoms with Crippen molar-refractivity contribution in [2.75, 3.05) is 26.2 Å². The number of H-pyrrole nitrogens is 2. The molecule has 3 heterocycles. The van der Waals surface area contributed by atoms with E-state index in [-0.39, 0.29) is 10.6 Å². The normalized spacial score (nSPS) is 16.9. The largest absolute Gasteiger partial charge is 0.323 e. The molecule has 1 aliphatic rings. The molecular formula is C17H21N5O3S2. The van der Waals surface area contributed by atoms with Crippen molar-refractivity contribution in [1.29, 1.82) is 0 Å². The van der Waals surface area contributed by atoms with E-state index in [0.29, 0.717) is 37.2 Å². The van der Waals surface area contributed by atoms with Crippen LogP contribution >= 0.6 is 11.3 Å². The summed E-state index contributed by atoms with van der Waals surface area (Å²) in [6.07, 6.45) is 0.938. The third-order valence-electron chi connectivity index (χ3n) is 4.74. The van der Waals surface area contributed by atoms with E-state index in [9.17, 15) is 13.2 Å². The van der Waals surface area contributed by atoms with Crippen molar-refractivity contribution in [3.8, 4) is 0 Å². The molecule has 1 fully saturated rings. The number of aromatic nitrogens is 3. The van der Waals surface area contributed by atoms with E-state index in [1.807, 2.05) is 0 Å². The Morgan fingerprint density at radius 2 is 1.89 bits per heavy atom. The topological polar surface area (TPSA) is 102 Å². The number of aryl methyl sites for hydroxylation is 1. The number of hydrogen-bond donors (Lipinski definition) is 2. The SMILES string of the molecule is CCc1nc(CN2CCN(S(=O)(=O)c3ccc4[nH]c(=O)[nH]c4c3)CC2)cs1. The van der Waals surface area contributed by atoms with Crippen LogP contribution < -0.4 is 5.69 Å². The highest BCUT2D eigenvalue weighted by Gasteiger charge is 2.29. The minimum absolute atomic E-state index is 0.200. The molecule has 8 nitrogen and oxygen atoms in total. The first-order valence-corrected chi connectivity index (χ1v) is 11.2. The van der Waals surface area contributed by atoms with E-state index in [1.165, 1.54) is 16.4 Å². The lowest BCUT2D eigenvalue weighted by molar-refractivity contribution is 0.180. The quantitative estimate of drug-likeness (QED) is 0.665. The highest BCUT2D eigenvalue weighted by molar-refractivity contribution is 7.89. The second-order valence-electron chi connectivity index (χ2n) is 6.55. The maximum atomic E-state index is 12.9. The second-order valence-corrected chi connectivity index (χ2v) is 9.43. The van der Waals surface area contributed by atoms with Gasteiger partial charge in [-0.2, -0.15) is 4.31 Å². The molecule has 10 heteroatoms. The van der Waals surface area contributed by atoms with Crippen molar-refractivity contribution in [1.82, 2.24) is 24.2 Å². The van der Waals surface area contributed by atoms with Gasteiger partial charge in [-0.3, -0.25) is 4.90 Å². The lowest BCUT2D eigenvalue weighted by atomic mass is 10.3. The van der Waals surface area contributed by atoms with Crippen molar-refractivity contribution in [3.63, 3.8) is 0 Å². The van der Waals surface area contributed by atoms with Crippen LogP contribution in [0.25, 0.3) is 11.0 Å². The molecule has 0 aliphatic carbocycles. The summed E-state index contributed by atoms with van der Waals surface area (Å²) in [5.41, 5.74) is 1.80. The van der Waals surface area contributed by atoms with Crippen LogP contribution in [-0.4, -0.2) is 58.8 Å². The number of fused-ring (bicyclic) bond motifs is 1. The Morgan fingerprint density at radius 1 is 1.15 bits per heavy atom.